The molecule has 0 aliphatic carbocycles. The molecule has 1 fully saturated rings. The molecule has 1 N–H and O–H groups in total. The molecule has 198 valence electrons. The summed E-state index contributed by atoms with van der Waals surface area (Å²) in [5.41, 5.74) is 4.94. The van der Waals surface area contributed by atoms with Crippen molar-refractivity contribution in [3.8, 4) is 28.3 Å². The molecule has 0 unspecified atom stereocenters. The van der Waals surface area contributed by atoms with Crippen molar-refractivity contribution in [3.63, 3.8) is 0 Å². The van der Waals surface area contributed by atoms with Gasteiger partial charge in [-0.25, -0.2) is 4.98 Å². The van der Waals surface area contributed by atoms with E-state index >= 15 is 0 Å². The highest BCUT2D eigenvalue weighted by atomic mass is 16.5. The number of carbonyl (C=O) groups is 1. The highest BCUT2D eigenvalue weighted by Gasteiger charge is 2.28. The fourth-order valence-electron chi connectivity index (χ4n) is 5.19. The van der Waals surface area contributed by atoms with Crippen LogP contribution in [0.15, 0.2) is 71.9 Å². The van der Waals surface area contributed by atoms with E-state index < -0.39 is 0 Å². The fourth-order valence-corrected chi connectivity index (χ4v) is 5.19. The summed E-state index contributed by atoms with van der Waals surface area (Å²) in [7, 11) is 3.60. The van der Waals surface area contributed by atoms with Crippen molar-refractivity contribution < 1.29 is 9.53 Å². The van der Waals surface area contributed by atoms with Crippen molar-refractivity contribution in [2.24, 2.45) is 7.05 Å². The summed E-state index contributed by atoms with van der Waals surface area (Å²) in [5.74, 6) is 0.853. The first kappa shape index (κ1) is 24.8. The minimum atomic E-state index is -0.123. The Morgan fingerprint density at radius 1 is 1.03 bits per heavy atom. The van der Waals surface area contributed by atoms with Crippen LogP contribution >= 0.6 is 0 Å². The van der Waals surface area contributed by atoms with E-state index in [0.29, 0.717) is 24.4 Å². The first-order valence-electron chi connectivity index (χ1n) is 13.1. The van der Waals surface area contributed by atoms with Gasteiger partial charge in [0.2, 0.25) is 5.91 Å². The third-order valence-electron chi connectivity index (χ3n) is 7.54. The number of hydrogen-bond acceptors (Lipinski definition) is 6. The molecule has 5 aromatic rings. The van der Waals surface area contributed by atoms with Crippen molar-refractivity contribution in [2.45, 2.75) is 13.0 Å². The van der Waals surface area contributed by atoms with Crippen LogP contribution in [-0.2, 0) is 11.8 Å². The van der Waals surface area contributed by atoms with Crippen molar-refractivity contribution in [3.05, 3.63) is 77.5 Å². The smallest absolute Gasteiger partial charge is 0.274 e. The molecule has 1 aliphatic rings. The number of aromatic amines is 1. The Morgan fingerprint density at radius 2 is 1.87 bits per heavy atom. The van der Waals surface area contributed by atoms with Gasteiger partial charge in [-0.1, -0.05) is 12.1 Å². The SMILES string of the molecule is C[C@@H]1C(=O)N(C)CCN1CCOc1ccc(-c2ccc3nc(-c4cn(C)c(=O)c5[nH]ccc45)ccc3c2)nc1. The van der Waals surface area contributed by atoms with Gasteiger partial charge in [0, 0.05) is 68.0 Å². The lowest BCUT2D eigenvalue weighted by Gasteiger charge is -2.37. The number of likely N-dealkylation sites (N-methyl/N-ethyl adjacent to an activating group) is 1. The van der Waals surface area contributed by atoms with E-state index in [1.807, 2.05) is 62.6 Å². The molecule has 9 nitrogen and oxygen atoms in total. The second-order valence-corrected chi connectivity index (χ2v) is 10.0. The molecular formula is C30H30N6O3. The van der Waals surface area contributed by atoms with Crippen LogP contribution in [0, 0.1) is 0 Å². The Kier molecular flexibility index (Phi) is 6.36. The van der Waals surface area contributed by atoms with Crippen LogP contribution in [0.1, 0.15) is 6.92 Å². The topological polar surface area (TPSA) is 96.4 Å². The number of benzene rings is 1. The third kappa shape index (κ3) is 4.66. The predicted molar refractivity (Wildman–Crippen MR) is 152 cm³/mol. The Bertz CT molecular complexity index is 1740. The second kappa shape index (κ2) is 9.99. The maximum atomic E-state index is 12.4. The van der Waals surface area contributed by atoms with Crippen LogP contribution in [0.4, 0.5) is 0 Å². The number of carbonyl (C=O) groups excluding carboxylic acids is 1. The monoisotopic (exact) mass is 522 g/mol. The lowest BCUT2D eigenvalue weighted by atomic mass is 10.0. The Balaban J connectivity index is 1.16. The van der Waals surface area contributed by atoms with Crippen LogP contribution in [0.5, 0.6) is 5.75 Å². The molecule has 39 heavy (non-hydrogen) atoms. The van der Waals surface area contributed by atoms with E-state index in [0.717, 1.165) is 51.9 Å². The zero-order valence-corrected chi connectivity index (χ0v) is 22.2. The number of aryl methyl sites for hydroxylation is 1. The number of aromatic nitrogens is 4. The van der Waals surface area contributed by atoms with Crippen LogP contribution in [0.3, 0.4) is 0 Å². The fraction of sp³-hybridized carbons (Fsp3) is 0.267. The molecule has 0 spiro atoms. The first-order valence-corrected chi connectivity index (χ1v) is 13.1. The van der Waals surface area contributed by atoms with Gasteiger partial charge in [0.05, 0.1) is 29.1 Å². The van der Waals surface area contributed by atoms with Crippen molar-refractivity contribution >= 4 is 27.7 Å². The van der Waals surface area contributed by atoms with Gasteiger partial charge < -0.3 is 19.2 Å². The van der Waals surface area contributed by atoms with Gasteiger partial charge in [-0.2, -0.15) is 0 Å². The summed E-state index contributed by atoms with van der Waals surface area (Å²) < 4.78 is 7.49. The van der Waals surface area contributed by atoms with Gasteiger partial charge in [0.15, 0.2) is 0 Å². The van der Waals surface area contributed by atoms with E-state index in [-0.39, 0.29) is 17.5 Å². The van der Waals surface area contributed by atoms with Crippen LogP contribution in [-0.4, -0.2) is 74.6 Å². The standard InChI is InChI=1S/C30H30N6O3/c1-19-29(37)34(2)12-13-36(19)14-15-39-22-6-9-25(32-17-22)20-4-7-26-21(16-20)5-8-27(33-26)24-18-35(3)30(38)28-23(24)10-11-31-28/h4-11,16-19,31H,12-15H2,1-3H3/t19-/m1/s1. The lowest BCUT2D eigenvalue weighted by molar-refractivity contribution is -0.139. The number of fused-ring (bicyclic) bond motifs is 2. The molecule has 5 heterocycles. The quantitative estimate of drug-likeness (QED) is 0.366. The molecule has 6 rings (SSSR count). The summed E-state index contributed by atoms with van der Waals surface area (Å²) in [5, 5.41) is 1.86. The van der Waals surface area contributed by atoms with Crippen LogP contribution < -0.4 is 10.3 Å². The minimum absolute atomic E-state index is 0.0609. The van der Waals surface area contributed by atoms with E-state index in [1.165, 1.54) is 0 Å². The van der Waals surface area contributed by atoms with Gasteiger partial charge in [-0.3, -0.25) is 19.5 Å². The molecule has 1 saturated heterocycles. The average molecular weight is 523 g/mol. The van der Waals surface area contributed by atoms with Gasteiger partial charge in [-0.15, -0.1) is 0 Å². The second-order valence-electron chi connectivity index (χ2n) is 10.0. The first-order chi connectivity index (χ1) is 18.9. The van der Waals surface area contributed by atoms with Gasteiger partial charge in [-0.05, 0) is 43.3 Å². The van der Waals surface area contributed by atoms with E-state index in [9.17, 15) is 9.59 Å². The molecule has 1 aliphatic heterocycles. The molecule has 1 aromatic carbocycles. The predicted octanol–water partition coefficient (Wildman–Crippen LogP) is 3.69. The van der Waals surface area contributed by atoms with E-state index in [2.05, 4.69) is 20.9 Å². The van der Waals surface area contributed by atoms with Crippen molar-refractivity contribution in [1.82, 2.24) is 29.3 Å². The number of amides is 1. The molecule has 1 atom stereocenters. The van der Waals surface area contributed by atoms with Gasteiger partial charge in [0.1, 0.15) is 17.9 Å². The summed E-state index contributed by atoms with van der Waals surface area (Å²) in [4.78, 5) is 41.1. The summed E-state index contributed by atoms with van der Waals surface area (Å²) in [6.07, 6.45) is 5.35. The number of pyridine rings is 3. The highest BCUT2D eigenvalue weighted by Crippen LogP contribution is 2.29. The number of hydrogen-bond donors (Lipinski definition) is 1. The largest absolute Gasteiger partial charge is 0.491 e. The van der Waals surface area contributed by atoms with Crippen LogP contribution in [0.2, 0.25) is 0 Å². The van der Waals surface area contributed by atoms with Crippen molar-refractivity contribution in [2.75, 3.05) is 33.3 Å². The number of H-pyrrole nitrogens is 1. The average Bonchev–Trinajstić information content (AvgIpc) is 3.45. The lowest BCUT2D eigenvalue weighted by Crippen LogP contribution is -2.55. The maximum Gasteiger partial charge on any atom is 0.274 e. The third-order valence-corrected chi connectivity index (χ3v) is 7.54. The number of piperazine rings is 1. The minimum Gasteiger partial charge on any atom is -0.491 e. The van der Waals surface area contributed by atoms with E-state index in [4.69, 9.17) is 9.72 Å². The summed E-state index contributed by atoms with van der Waals surface area (Å²) >= 11 is 0. The zero-order valence-electron chi connectivity index (χ0n) is 22.2. The molecular weight excluding hydrogens is 492 g/mol. The maximum absolute atomic E-state index is 12.4. The van der Waals surface area contributed by atoms with E-state index in [1.54, 1.807) is 28.9 Å². The summed E-state index contributed by atoms with van der Waals surface area (Å²) in [6, 6.07) is 15.8. The van der Waals surface area contributed by atoms with Crippen LogP contribution in [0.25, 0.3) is 44.3 Å². The van der Waals surface area contributed by atoms with Gasteiger partial charge in [0.25, 0.3) is 5.56 Å². The molecule has 1 amide bonds. The number of nitrogens with zero attached hydrogens (tertiary/aromatic N) is 5. The molecule has 9 heteroatoms. The Hall–Kier alpha value is -4.50. The van der Waals surface area contributed by atoms with Crippen molar-refractivity contribution in [1.29, 1.82) is 0 Å². The normalized spacial score (nSPS) is 16.3. The number of rotatable bonds is 6. The Labute approximate surface area is 225 Å². The highest BCUT2D eigenvalue weighted by molar-refractivity contribution is 5.95. The molecule has 4 aromatic heterocycles. The summed E-state index contributed by atoms with van der Waals surface area (Å²) in [6.45, 7) is 4.73. The molecule has 0 radical (unpaired) electrons. The molecule has 0 bridgehead atoms. The number of ether oxygens (including phenoxy) is 1. The van der Waals surface area contributed by atoms with Gasteiger partial charge >= 0.3 is 0 Å². The molecule has 0 saturated carbocycles. The zero-order chi connectivity index (χ0) is 27.1. The Morgan fingerprint density at radius 3 is 2.69 bits per heavy atom. The number of nitrogens with one attached hydrogen (secondary N) is 1.